The van der Waals surface area contributed by atoms with Crippen LogP contribution in [-0.4, -0.2) is 34.0 Å². The fourth-order valence-corrected chi connectivity index (χ4v) is 4.07. The molecular formula is C23H18ClF2NO5. The Bertz CT molecular complexity index is 1340. The fourth-order valence-electron chi connectivity index (χ4n) is 3.78. The predicted octanol–water partition coefficient (Wildman–Crippen LogP) is 5.77. The van der Waals surface area contributed by atoms with Gasteiger partial charge in [0.1, 0.15) is 11.5 Å². The number of carboxylic acids is 1. The number of rotatable bonds is 7. The van der Waals surface area contributed by atoms with E-state index in [4.69, 9.17) is 26.2 Å². The molecule has 0 aliphatic rings. The zero-order chi connectivity index (χ0) is 23.0. The summed E-state index contributed by atoms with van der Waals surface area (Å²) in [6, 6.07) is 11.3. The topological polar surface area (TPSA) is 80.9 Å². The van der Waals surface area contributed by atoms with Crippen LogP contribution in [0, 0.1) is 0 Å². The third-order valence-corrected chi connectivity index (χ3v) is 5.29. The van der Waals surface area contributed by atoms with E-state index in [1.54, 1.807) is 43.3 Å². The molecule has 0 unspecified atom stereocenters. The van der Waals surface area contributed by atoms with E-state index in [1.807, 2.05) is 0 Å². The zero-order valence-electron chi connectivity index (χ0n) is 16.8. The number of nitrogens with zero attached hydrogens (tertiary/aromatic N) is 1. The normalized spacial score (nSPS) is 11.4. The van der Waals surface area contributed by atoms with E-state index in [0.29, 0.717) is 39.8 Å². The Hall–Kier alpha value is -3.52. The second-order valence-electron chi connectivity index (χ2n) is 6.98. The molecule has 0 amide bonds. The van der Waals surface area contributed by atoms with Gasteiger partial charge in [-0.15, -0.1) is 0 Å². The molecule has 32 heavy (non-hydrogen) atoms. The van der Waals surface area contributed by atoms with E-state index < -0.39 is 12.6 Å². The summed E-state index contributed by atoms with van der Waals surface area (Å²) in [5, 5.41) is 21.6. The first-order chi connectivity index (χ1) is 15.3. The molecule has 1 aromatic heterocycles. The first-order valence-electron chi connectivity index (χ1n) is 9.68. The fraction of sp³-hybridized carbons (Fsp3) is 0.174. The molecule has 166 valence electrons. The summed E-state index contributed by atoms with van der Waals surface area (Å²) in [5.74, 6) is -1.14. The number of alkyl halides is 2. The van der Waals surface area contributed by atoms with Gasteiger partial charge in [-0.25, -0.2) is 0 Å². The first kappa shape index (κ1) is 21.7. The van der Waals surface area contributed by atoms with Gasteiger partial charge < -0.3 is 19.7 Å². The van der Waals surface area contributed by atoms with Crippen LogP contribution in [0.4, 0.5) is 8.78 Å². The Balaban J connectivity index is 2.03. The van der Waals surface area contributed by atoms with Crippen LogP contribution >= 0.6 is 11.6 Å². The smallest absolute Gasteiger partial charge is 0.387 e. The van der Waals surface area contributed by atoms with Gasteiger partial charge >= 0.3 is 12.6 Å². The quantitative estimate of drug-likeness (QED) is 0.365. The molecule has 4 aromatic rings. The van der Waals surface area contributed by atoms with Gasteiger partial charge in [0.25, 0.3) is 0 Å². The van der Waals surface area contributed by atoms with Crippen molar-refractivity contribution in [2.45, 2.75) is 20.0 Å². The minimum atomic E-state index is -3.11. The minimum Gasteiger partial charge on any atom is -0.494 e. The van der Waals surface area contributed by atoms with Gasteiger partial charge in [0.15, 0.2) is 0 Å². The van der Waals surface area contributed by atoms with Crippen molar-refractivity contribution in [3.63, 3.8) is 0 Å². The van der Waals surface area contributed by atoms with Crippen molar-refractivity contribution in [1.82, 2.24) is 4.57 Å². The number of carbonyl (C=O) groups is 1. The summed E-state index contributed by atoms with van der Waals surface area (Å²) in [7, 11) is 0. The van der Waals surface area contributed by atoms with Crippen LogP contribution in [0.2, 0.25) is 5.02 Å². The van der Waals surface area contributed by atoms with E-state index >= 15 is 0 Å². The van der Waals surface area contributed by atoms with Crippen molar-refractivity contribution in [2.75, 3.05) is 6.61 Å². The largest absolute Gasteiger partial charge is 0.494 e. The molecule has 0 saturated carbocycles. The number of ether oxygens (including phenoxy) is 2. The number of benzene rings is 3. The van der Waals surface area contributed by atoms with Gasteiger partial charge in [0.05, 0.1) is 34.5 Å². The molecule has 0 bridgehead atoms. The monoisotopic (exact) mass is 461 g/mol. The van der Waals surface area contributed by atoms with Crippen molar-refractivity contribution >= 4 is 39.1 Å². The zero-order valence-corrected chi connectivity index (χ0v) is 17.6. The first-order valence-corrected chi connectivity index (χ1v) is 10.1. The molecule has 0 aliphatic carbocycles. The number of hydrogen-bond acceptors (Lipinski definition) is 4. The molecule has 0 saturated heterocycles. The highest BCUT2D eigenvalue weighted by molar-refractivity contribution is 6.32. The highest BCUT2D eigenvalue weighted by Crippen LogP contribution is 2.48. The molecule has 0 atom stereocenters. The van der Waals surface area contributed by atoms with Crippen molar-refractivity contribution < 1.29 is 33.3 Å². The van der Waals surface area contributed by atoms with E-state index in [1.165, 1.54) is 16.8 Å². The average Bonchev–Trinajstić information content (AvgIpc) is 3.07. The second-order valence-corrected chi connectivity index (χ2v) is 7.39. The van der Waals surface area contributed by atoms with Gasteiger partial charge in [0, 0.05) is 17.0 Å². The van der Waals surface area contributed by atoms with Crippen LogP contribution in [0.15, 0.2) is 48.7 Å². The Labute approximate surface area is 186 Å². The van der Waals surface area contributed by atoms with E-state index in [9.17, 15) is 18.7 Å². The van der Waals surface area contributed by atoms with Crippen molar-refractivity contribution in [3.8, 4) is 23.1 Å². The molecule has 4 rings (SSSR count). The van der Waals surface area contributed by atoms with E-state index in [-0.39, 0.29) is 28.5 Å². The standard InChI is InChI=1S/C23H18ClF2NO5/c1-2-31-20-13-5-3-4-6-14(13)21(32-23(25)26)19-15(20)11-27(22(19)30)17-8-7-12(9-16(17)24)10-18(28)29/h3-9,11,23,30H,2,10H2,1H3,(H,28,29). The highest BCUT2D eigenvalue weighted by atomic mass is 35.5. The molecule has 0 radical (unpaired) electrons. The lowest BCUT2D eigenvalue weighted by Gasteiger charge is -2.14. The summed E-state index contributed by atoms with van der Waals surface area (Å²) < 4.78 is 38.6. The molecule has 9 heteroatoms. The molecule has 6 nitrogen and oxygen atoms in total. The molecule has 1 heterocycles. The van der Waals surface area contributed by atoms with Crippen LogP contribution in [0.5, 0.6) is 17.4 Å². The van der Waals surface area contributed by atoms with E-state index in [0.717, 1.165) is 0 Å². The Kier molecular flexibility index (Phi) is 5.80. The summed E-state index contributed by atoms with van der Waals surface area (Å²) in [4.78, 5) is 11.0. The van der Waals surface area contributed by atoms with Crippen LogP contribution in [-0.2, 0) is 11.2 Å². The van der Waals surface area contributed by atoms with E-state index in [2.05, 4.69) is 0 Å². The van der Waals surface area contributed by atoms with Gasteiger partial charge in [-0.3, -0.25) is 9.36 Å². The number of hydrogen-bond donors (Lipinski definition) is 2. The second kappa shape index (κ2) is 8.55. The number of carboxylic acid groups (broad SMARTS) is 1. The molecule has 3 aromatic carbocycles. The lowest BCUT2D eigenvalue weighted by atomic mass is 10.0. The van der Waals surface area contributed by atoms with Crippen molar-refractivity contribution in [1.29, 1.82) is 0 Å². The maximum absolute atomic E-state index is 13.3. The lowest BCUT2D eigenvalue weighted by molar-refractivity contribution is -0.136. The van der Waals surface area contributed by atoms with Crippen LogP contribution in [0.25, 0.3) is 27.2 Å². The van der Waals surface area contributed by atoms with Crippen molar-refractivity contribution in [2.24, 2.45) is 0 Å². The van der Waals surface area contributed by atoms with Crippen LogP contribution in [0.3, 0.4) is 0 Å². The number of fused-ring (bicyclic) bond motifs is 2. The Morgan fingerprint density at radius 1 is 1.12 bits per heavy atom. The summed E-state index contributed by atoms with van der Waals surface area (Å²) >= 11 is 6.37. The number of aliphatic carboxylic acids is 1. The van der Waals surface area contributed by atoms with Crippen LogP contribution < -0.4 is 9.47 Å². The molecule has 2 N–H and O–H groups in total. The summed E-state index contributed by atoms with van der Waals surface area (Å²) in [6.45, 7) is -1.01. The molecular weight excluding hydrogens is 444 g/mol. The number of aromatic hydroxyl groups is 1. The van der Waals surface area contributed by atoms with Gasteiger partial charge in [-0.2, -0.15) is 8.78 Å². The number of halogens is 3. The Morgan fingerprint density at radius 3 is 2.41 bits per heavy atom. The predicted molar refractivity (Wildman–Crippen MR) is 117 cm³/mol. The average molecular weight is 462 g/mol. The molecule has 0 spiro atoms. The summed E-state index contributed by atoms with van der Waals surface area (Å²) in [6.07, 6.45) is 1.31. The van der Waals surface area contributed by atoms with Gasteiger partial charge in [0.2, 0.25) is 5.88 Å². The lowest BCUT2D eigenvalue weighted by Crippen LogP contribution is -2.04. The Morgan fingerprint density at radius 2 is 1.81 bits per heavy atom. The van der Waals surface area contributed by atoms with Crippen molar-refractivity contribution in [3.05, 3.63) is 59.2 Å². The van der Waals surface area contributed by atoms with Gasteiger partial charge in [-0.05, 0) is 24.6 Å². The minimum absolute atomic E-state index is 0.0538. The number of aromatic nitrogens is 1. The summed E-state index contributed by atoms with van der Waals surface area (Å²) in [5.41, 5.74) is 0.814. The van der Waals surface area contributed by atoms with Gasteiger partial charge in [-0.1, -0.05) is 41.9 Å². The van der Waals surface area contributed by atoms with Crippen LogP contribution in [0.1, 0.15) is 12.5 Å². The maximum Gasteiger partial charge on any atom is 0.387 e. The maximum atomic E-state index is 13.3. The molecule has 0 fully saturated rings. The third-order valence-electron chi connectivity index (χ3n) is 4.99. The molecule has 0 aliphatic heterocycles. The third kappa shape index (κ3) is 3.78. The highest BCUT2D eigenvalue weighted by Gasteiger charge is 2.25. The SMILES string of the molecule is CCOc1c2ccccc2c(OC(F)F)c2c(O)n(-c3ccc(CC(=O)O)cc3Cl)cc12.